The number of aromatic carboxylic acids is 2. The number of carboxylic acid groups (broad SMARTS) is 2. The van der Waals surface area contributed by atoms with Crippen molar-refractivity contribution in [2.45, 2.75) is 27.2 Å². The smallest absolute Gasteiger partial charge is 0.339 e. The molecule has 0 atom stereocenters. The number of carbonyl (C=O) groups is 4. The van der Waals surface area contributed by atoms with Gasteiger partial charge in [-0.1, -0.05) is 84.6 Å². The largest absolute Gasteiger partial charge is 0.872 e. The molecule has 0 unspecified atom stereocenters. The maximum Gasteiger partial charge on any atom is 0.339 e. The minimum Gasteiger partial charge on any atom is -0.872 e. The molecule has 8 aromatic carbocycles. The molecule has 384 valence electrons. The first-order chi connectivity index (χ1) is 36.8. The molecule has 5 N–H and O–H groups in total. The number of fused-ring (bicyclic) bond motifs is 5. The first-order valence-electron chi connectivity index (χ1n) is 24.5. The molecule has 0 amide bonds. The molecule has 11 rings (SSSR count). The van der Waals surface area contributed by atoms with E-state index in [1.54, 1.807) is 61.5 Å². The Balaban J connectivity index is 0.000000144. The van der Waals surface area contributed by atoms with Gasteiger partial charge in [-0.25, -0.2) is 9.59 Å². The number of nitrogens with zero attached hydrogens (tertiary/aromatic N) is 3. The third-order valence-electron chi connectivity index (χ3n) is 13.9. The second-order valence-electron chi connectivity index (χ2n) is 19.1. The fraction of sp³-hybridized carbons (Fsp3) is 0.109. The highest BCUT2D eigenvalue weighted by molar-refractivity contribution is 6.30. The van der Waals surface area contributed by atoms with Gasteiger partial charge in [-0.05, 0) is 132 Å². The zero-order valence-electron chi connectivity index (χ0n) is 43.0. The molecule has 10 aromatic rings. The van der Waals surface area contributed by atoms with Crippen LogP contribution < -0.4 is 14.6 Å². The molecule has 0 saturated heterocycles. The summed E-state index contributed by atoms with van der Waals surface area (Å²) in [6.07, 6.45) is 4.32. The topological polar surface area (TPSA) is 205 Å². The highest BCUT2D eigenvalue weighted by Gasteiger charge is 2.34. The summed E-state index contributed by atoms with van der Waals surface area (Å²) in [5.74, 6) is -5.08. The molecule has 13 nitrogen and oxygen atoms in total. The quantitative estimate of drug-likeness (QED) is 0.0906. The van der Waals surface area contributed by atoms with Gasteiger partial charge in [-0.15, -0.1) is 0 Å². The number of carboxylic acids is 2. The average Bonchev–Trinajstić information content (AvgIpc) is 3.74. The summed E-state index contributed by atoms with van der Waals surface area (Å²) in [5, 5.41) is 65.7. The van der Waals surface area contributed by atoms with Crippen LogP contribution in [0, 0.1) is 20.8 Å². The van der Waals surface area contributed by atoms with Crippen LogP contribution in [0.2, 0.25) is 0 Å². The highest BCUT2D eigenvalue weighted by Crippen LogP contribution is 2.39. The minimum absolute atomic E-state index is 0.0374. The summed E-state index contributed by atoms with van der Waals surface area (Å²) in [6, 6.07) is 47.6. The van der Waals surface area contributed by atoms with Crippen LogP contribution in [0.25, 0.3) is 50.3 Å². The summed E-state index contributed by atoms with van der Waals surface area (Å²) in [6.45, 7) is 6.08. The lowest BCUT2D eigenvalue weighted by Crippen LogP contribution is -2.32. The van der Waals surface area contributed by atoms with Gasteiger partial charge in [-0.2, -0.15) is 4.57 Å². The minimum atomic E-state index is -1.34. The van der Waals surface area contributed by atoms with Gasteiger partial charge in [0.25, 0.3) is 0 Å². The van der Waals surface area contributed by atoms with Gasteiger partial charge in [-0.3, -0.25) is 9.59 Å². The number of benzene rings is 8. The number of anilines is 1. The predicted octanol–water partition coefficient (Wildman–Crippen LogP) is 11.2. The summed E-state index contributed by atoms with van der Waals surface area (Å²) in [4.78, 5) is 50.0. The average molecular weight is 1020 g/mol. The van der Waals surface area contributed by atoms with Gasteiger partial charge < -0.3 is 40.1 Å². The summed E-state index contributed by atoms with van der Waals surface area (Å²) >= 11 is 0. The number of phenolic OH excluding ortho intramolecular Hbond substituents is 2. The zero-order valence-corrected chi connectivity index (χ0v) is 43.0. The molecule has 0 saturated carbocycles. The number of phenols is 3. The van der Waals surface area contributed by atoms with Crippen molar-refractivity contribution in [1.82, 2.24) is 4.57 Å². The van der Waals surface area contributed by atoms with E-state index in [0.717, 1.165) is 0 Å². The van der Waals surface area contributed by atoms with E-state index < -0.39 is 29.2 Å². The van der Waals surface area contributed by atoms with Crippen molar-refractivity contribution in [3.63, 3.8) is 0 Å². The van der Waals surface area contributed by atoms with Gasteiger partial charge in [0, 0.05) is 83.6 Å². The zero-order chi connectivity index (χ0) is 55.0. The van der Waals surface area contributed by atoms with Crippen LogP contribution in [0.15, 0.2) is 158 Å². The Hall–Kier alpha value is -10.0. The van der Waals surface area contributed by atoms with Crippen LogP contribution in [0.5, 0.6) is 23.0 Å². The molecular weight excluding hydrogens is 971 g/mol. The Kier molecular flexibility index (Phi) is 14.2. The summed E-state index contributed by atoms with van der Waals surface area (Å²) < 4.78 is 4.56. The molecular formula is C64H53N3O10. The third-order valence-corrected chi connectivity index (χ3v) is 13.9. The van der Waals surface area contributed by atoms with Gasteiger partial charge in [0.1, 0.15) is 29.9 Å². The molecule has 13 heteroatoms. The van der Waals surface area contributed by atoms with Crippen molar-refractivity contribution >= 4 is 73.8 Å². The maximum absolute atomic E-state index is 12.9. The van der Waals surface area contributed by atoms with Crippen molar-refractivity contribution in [3.05, 3.63) is 230 Å². The lowest BCUT2D eigenvalue weighted by molar-refractivity contribution is -0.646. The van der Waals surface area contributed by atoms with Crippen molar-refractivity contribution in [2.24, 2.45) is 7.05 Å². The number of aryl methyl sites for hydroxylation is 3. The van der Waals surface area contributed by atoms with E-state index in [9.17, 15) is 49.8 Å². The second kappa shape index (κ2) is 21.1. The Morgan fingerprint density at radius 2 is 1.23 bits per heavy atom. The van der Waals surface area contributed by atoms with E-state index >= 15 is 0 Å². The van der Waals surface area contributed by atoms with E-state index in [1.807, 2.05) is 0 Å². The second-order valence-corrected chi connectivity index (χ2v) is 19.1. The Labute approximate surface area is 443 Å². The van der Waals surface area contributed by atoms with Gasteiger partial charge in [0.15, 0.2) is 5.78 Å². The lowest BCUT2D eigenvalue weighted by atomic mass is 9.82. The number of pyridine rings is 1. The van der Waals surface area contributed by atoms with E-state index in [1.165, 1.54) is 81.3 Å². The number of carbonyl (C=O) groups excluding carboxylic acids is 2. The Morgan fingerprint density at radius 3 is 1.90 bits per heavy atom. The lowest BCUT2D eigenvalue weighted by Gasteiger charge is -2.21. The fourth-order valence-corrected chi connectivity index (χ4v) is 10.0. The first kappa shape index (κ1) is 51.9. The molecule has 77 heavy (non-hydrogen) atoms. The van der Waals surface area contributed by atoms with Gasteiger partial charge in [0.2, 0.25) is 17.0 Å². The first-order valence-corrected chi connectivity index (χ1v) is 24.5. The molecule has 0 fully saturated rings. The summed E-state index contributed by atoms with van der Waals surface area (Å²) in [5.41, 5.74) is 9.37. The van der Waals surface area contributed by atoms with Gasteiger partial charge in [0.05, 0.1) is 16.7 Å². The van der Waals surface area contributed by atoms with Crippen LogP contribution in [0.3, 0.4) is 0 Å². The Morgan fingerprint density at radius 1 is 0.610 bits per heavy atom. The van der Waals surface area contributed by atoms with Crippen LogP contribution in [-0.2, 0) is 13.5 Å². The number of rotatable bonds is 8. The van der Waals surface area contributed by atoms with Crippen LogP contribution in [0.1, 0.15) is 91.9 Å². The number of ketones is 2. The normalized spacial score (nSPS) is 11.7. The number of aromatic hydroxyl groups is 3. The van der Waals surface area contributed by atoms with E-state index in [0.29, 0.717) is 27.1 Å². The van der Waals surface area contributed by atoms with Crippen molar-refractivity contribution in [3.8, 4) is 28.7 Å². The number of para-hydroxylation sites is 1. The van der Waals surface area contributed by atoms with Crippen molar-refractivity contribution in [2.75, 3.05) is 19.0 Å². The van der Waals surface area contributed by atoms with E-state index in [-0.39, 0.29) is 68.2 Å². The maximum atomic E-state index is 12.9. The van der Waals surface area contributed by atoms with E-state index in [4.69, 9.17) is 0 Å². The molecule has 2 aromatic heterocycles. The standard InChI is InChI=1S/C26H28N3.C23H16O6.C15H10O4/c1-19-17-21(20(2)29(19)24-9-7-6-8-10-24)11-13-23-14-12-22-18-25(27(3)4)15-16-26(22)28(23)5;24-20-16(14-7-3-1-5-12(14)9-18(20)22(26)27)11-17-15-8-4-2-6-13(15)10-19(21(17)25)23(28)29;1-7-5-9-13(11(17)6-7)15(19)12-8(14(9)18)3-2-4-10(12)16/h6-18H,1-5H3;1-10,24-25H,11H2,(H,26,27)(H,28,29);2-6,16-17H,1H3/q+1;;/p-1. The SMILES string of the molecule is Cc1cc(C=Cc2ccc3cc(N(C)C)ccc3[n+]2C)c(C)n1-c1ccccc1.Cc1cc(O)c2c(c1)C(=O)c1cccc(O)c1C2=O.O=C(O)c1cc2ccccc2c(Cc2c(O)c(C(=O)O)cc3ccccc23)c1[O-]. The van der Waals surface area contributed by atoms with E-state index in [2.05, 4.69) is 128 Å². The monoisotopic (exact) mass is 1020 g/mol. The molecule has 0 bridgehead atoms. The number of hydrogen-bond donors (Lipinski definition) is 5. The third kappa shape index (κ3) is 9.93. The van der Waals surface area contributed by atoms with Crippen molar-refractivity contribution in [1.29, 1.82) is 0 Å². The van der Waals surface area contributed by atoms with Gasteiger partial charge >= 0.3 is 11.9 Å². The Bertz CT molecular complexity index is 3980. The molecule has 0 aliphatic heterocycles. The highest BCUT2D eigenvalue weighted by atomic mass is 16.4. The molecule has 0 spiro atoms. The summed E-state index contributed by atoms with van der Waals surface area (Å²) in [7, 11) is 6.28. The van der Waals surface area contributed by atoms with Crippen LogP contribution >= 0.6 is 0 Å². The number of hydrogen-bond acceptors (Lipinski definition) is 9. The van der Waals surface area contributed by atoms with Crippen molar-refractivity contribution < 1.29 is 54.4 Å². The predicted molar refractivity (Wildman–Crippen MR) is 297 cm³/mol. The number of aromatic nitrogens is 2. The molecule has 1 aliphatic carbocycles. The molecule has 0 radical (unpaired) electrons. The van der Waals surface area contributed by atoms with Crippen LogP contribution in [-0.4, -0.2) is 67.7 Å². The van der Waals surface area contributed by atoms with Crippen LogP contribution in [0.4, 0.5) is 5.69 Å². The fourth-order valence-electron chi connectivity index (χ4n) is 10.0. The molecule has 2 heterocycles. The molecule has 1 aliphatic rings.